The third-order valence-corrected chi connectivity index (χ3v) is 2.44. The second-order valence-corrected chi connectivity index (χ2v) is 5.05. The van der Waals surface area contributed by atoms with Crippen molar-refractivity contribution >= 4 is 14.2 Å². The van der Waals surface area contributed by atoms with Crippen LogP contribution in [0.4, 0.5) is 0 Å². The Morgan fingerprint density at radius 1 is 1.41 bits per heavy atom. The maximum Gasteiger partial charge on any atom is 0.314 e. The molecule has 5 nitrogen and oxygen atoms in total. The first-order chi connectivity index (χ1) is 7.56. The fourth-order valence-corrected chi connectivity index (χ4v) is 1.34. The quantitative estimate of drug-likeness (QED) is 0.601. The highest BCUT2D eigenvalue weighted by molar-refractivity contribution is 7.30. The van der Waals surface area contributed by atoms with E-state index >= 15 is 0 Å². The highest BCUT2D eigenvalue weighted by atomic mass is 31.1. The zero-order chi connectivity index (χ0) is 14.2. The maximum absolute atomic E-state index is 11.6. The van der Waals surface area contributed by atoms with E-state index in [1.807, 2.05) is 7.05 Å². The average Bonchev–Trinajstić information content (AvgIpc) is 2.14. The Balaban J connectivity index is 0. The molecule has 0 unspecified atom stereocenters. The van der Waals surface area contributed by atoms with E-state index in [2.05, 4.69) is 27.4 Å². The molecule has 0 atom stereocenters. The molecule has 0 aliphatic carbocycles. The van der Waals surface area contributed by atoms with Crippen LogP contribution < -0.4 is 0 Å². The Labute approximate surface area is 104 Å². The fourth-order valence-electron chi connectivity index (χ4n) is 1.34. The summed E-state index contributed by atoms with van der Waals surface area (Å²) in [6.07, 6.45) is 2.10. The van der Waals surface area contributed by atoms with E-state index in [9.17, 15) is 4.79 Å². The van der Waals surface area contributed by atoms with Gasteiger partial charge >= 0.3 is 8.25 Å². The van der Waals surface area contributed by atoms with E-state index in [1.54, 1.807) is 11.8 Å². The lowest BCUT2D eigenvalue weighted by Gasteiger charge is -2.35. The Morgan fingerprint density at radius 2 is 1.76 bits per heavy atom. The smallest absolute Gasteiger partial charge is 0.314 e. The lowest BCUT2D eigenvalue weighted by atomic mass is 9.96. The van der Waals surface area contributed by atoms with Crippen molar-refractivity contribution in [2.75, 3.05) is 7.05 Å². The van der Waals surface area contributed by atoms with Gasteiger partial charge in [0.05, 0.1) is 0 Å². The van der Waals surface area contributed by atoms with E-state index in [1.165, 1.54) is 0 Å². The first-order valence-corrected chi connectivity index (χ1v) is 6.72. The van der Waals surface area contributed by atoms with Gasteiger partial charge < -0.3 is 14.7 Å². The molecular weight excluding hydrogens is 241 g/mol. The topological polar surface area (TPSA) is 77.8 Å². The number of rotatable bonds is 4. The van der Waals surface area contributed by atoms with Crippen LogP contribution in [0.25, 0.3) is 0 Å². The molecule has 0 aliphatic rings. The van der Waals surface area contributed by atoms with Gasteiger partial charge in [0.2, 0.25) is 5.91 Å². The minimum absolute atomic E-state index is 0.0402. The molecule has 6 heteroatoms. The Bertz CT molecular complexity index is 285. The number of likely N-dealkylation sites (N-methyl/N-ethyl adjacent to an activating group) is 1. The van der Waals surface area contributed by atoms with E-state index in [4.69, 9.17) is 14.4 Å². The van der Waals surface area contributed by atoms with Crippen molar-refractivity contribution in [2.24, 2.45) is 0 Å². The third kappa shape index (κ3) is 9.10. The molecule has 0 aromatic heterocycles. The molecule has 0 fully saturated rings. The molecule has 0 spiro atoms. The number of hydrogen-bond donors (Lipinski definition) is 2. The molecule has 2 N–H and O–H groups in total. The van der Waals surface area contributed by atoms with Crippen molar-refractivity contribution in [3.8, 4) is 0 Å². The monoisotopic (exact) mass is 265 g/mol. The molecule has 0 bridgehead atoms. The average molecular weight is 265 g/mol. The van der Waals surface area contributed by atoms with Crippen LogP contribution in [0, 0.1) is 0 Å². The Kier molecular flexibility index (Phi) is 9.30. The highest BCUT2D eigenvalue weighted by Crippen LogP contribution is 2.20. The number of carbonyl (C=O) groups excluding carboxylic acids is 1. The van der Waals surface area contributed by atoms with Crippen molar-refractivity contribution < 1.29 is 19.1 Å². The zero-order valence-electron chi connectivity index (χ0n) is 11.3. The lowest BCUT2D eigenvalue weighted by Crippen LogP contribution is -2.45. The molecule has 17 heavy (non-hydrogen) atoms. The summed E-state index contributed by atoms with van der Waals surface area (Å²) < 4.78 is 8.74. The first-order valence-electron chi connectivity index (χ1n) is 5.41. The van der Waals surface area contributed by atoms with Crippen LogP contribution in [0.15, 0.2) is 12.2 Å². The lowest BCUT2D eigenvalue weighted by molar-refractivity contribution is -0.130. The van der Waals surface area contributed by atoms with Crippen molar-refractivity contribution in [1.82, 2.24) is 4.90 Å². The number of carbonyl (C=O) groups is 1. The highest BCUT2D eigenvalue weighted by Gasteiger charge is 2.26. The minimum Gasteiger partial charge on any atom is -0.337 e. The van der Waals surface area contributed by atoms with Gasteiger partial charge in [-0.25, -0.2) is 0 Å². The second-order valence-electron chi connectivity index (χ2n) is 4.49. The summed E-state index contributed by atoms with van der Waals surface area (Å²) in [7, 11) is -1.29. The number of amides is 1. The molecule has 0 heterocycles. The molecule has 1 amide bonds. The Hall–Kier alpha value is -0.640. The van der Waals surface area contributed by atoms with Crippen molar-refractivity contribution in [3.63, 3.8) is 0 Å². The summed E-state index contributed by atoms with van der Waals surface area (Å²) in [6, 6.07) is 0. The predicted molar refractivity (Wildman–Crippen MR) is 70.0 cm³/mol. The van der Waals surface area contributed by atoms with Gasteiger partial charge in [0, 0.05) is 18.2 Å². The SMILES string of the molecule is C=C(C)C(=O)N(C)C(C)(C)CCC.O=[PH](O)O. The van der Waals surface area contributed by atoms with Crippen LogP contribution in [0.3, 0.4) is 0 Å². The molecule has 0 radical (unpaired) electrons. The van der Waals surface area contributed by atoms with E-state index in [-0.39, 0.29) is 11.4 Å². The van der Waals surface area contributed by atoms with Crippen molar-refractivity contribution in [1.29, 1.82) is 0 Å². The van der Waals surface area contributed by atoms with Crippen LogP contribution >= 0.6 is 8.25 Å². The number of hydrogen-bond acceptors (Lipinski definition) is 2. The molecule has 0 aliphatic heterocycles. The van der Waals surface area contributed by atoms with Gasteiger partial charge in [-0.1, -0.05) is 19.9 Å². The zero-order valence-corrected chi connectivity index (χ0v) is 12.3. The van der Waals surface area contributed by atoms with Gasteiger partial charge in [-0.05, 0) is 27.2 Å². The van der Waals surface area contributed by atoms with Crippen LogP contribution in [0.2, 0.25) is 0 Å². The summed E-state index contributed by atoms with van der Waals surface area (Å²) in [6.45, 7) is 11.7. The minimum atomic E-state index is -3.13. The summed E-state index contributed by atoms with van der Waals surface area (Å²) in [5.74, 6) is 0.0402. The van der Waals surface area contributed by atoms with E-state index < -0.39 is 8.25 Å². The van der Waals surface area contributed by atoms with Crippen LogP contribution in [-0.2, 0) is 9.36 Å². The van der Waals surface area contributed by atoms with Gasteiger partial charge in [0.25, 0.3) is 0 Å². The van der Waals surface area contributed by atoms with Crippen molar-refractivity contribution in [2.45, 2.75) is 46.1 Å². The molecule has 0 rings (SSSR count). The summed E-state index contributed by atoms with van der Waals surface area (Å²) in [5.41, 5.74) is 0.539. The van der Waals surface area contributed by atoms with Crippen molar-refractivity contribution in [3.05, 3.63) is 12.2 Å². The van der Waals surface area contributed by atoms with Gasteiger partial charge in [0.15, 0.2) is 0 Å². The predicted octanol–water partition coefficient (Wildman–Crippen LogP) is 1.96. The van der Waals surface area contributed by atoms with Crippen LogP contribution in [0.1, 0.15) is 40.5 Å². The van der Waals surface area contributed by atoms with Gasteiger partial charge in [-0.3, -0.25) is 9.36 Å². The summed E-state index contributed by atoms with van der Waals surface area (Å²) >= 11 is 0. The van der Waals surface area contributed by atoms with Gasteiger partial charge in [-0.15, -0.1) is 0 Å². The molecule has 102 valence electrons. The largest absolute Gasteiger partial charge is 0.337 e. The van der Waals surface area contributed by atoms with Gasteiger partial charge in [-0.2, -0.15) is 0 Å². The molecule has 0 saturated carbocycles. The third-order valence-electron chi connectivity index (χ3n) is 2.44. The molecule has 0 saturated heterocycles. The maximum atomic E-state index is 11.6. The molecular formula is C11H24NO4P. The Morgan fingerprint density at radius 3 is 2.00 bits per heavy atom. The fraction of sp³-hybridized carbons (Fsp3) is 0.727. The van der Waals surface area contributed by atoms with E-state index in [0.717, 1.165) is 12.8 Å². The molecule has 0 aromatic carbocycles. The van der Waals surface area contributed by atoms with E-state index in [0.29, 0.717) is 5.57 Å². The van der Waals surface area contributed by atoms with Crippen LogP contribution in [-0.4, -0.2) is 33.2 Å². The summed E-state index contributed by atoms with van der Waals surface area (Å²) in [5, 5.41) is 0. The number of nitrogens with zero attached hydrogens (tertiary/aromatic N) is 1. The van der Waals surface area contributed by atoms with Gasteiger partial charge in [0.1, 0.15) is 0 Å². The summed E-state index contributed by atoms with van der Waals surface area (Å²) in [4.78, 5) is 27.7. The molecule has 0 aromatic rings. The van der Waals surface area contributed by atoms with Crippen LogP contribution in [0.5, 0.6) is 0 Å². The second kappa shape index (κ2) is 8.45. The first kappa shape index (κ1) is 18.7. The normalized spacial score (nSPS) is 10.6. The standard InChI is InChI=1S/C11H21NO.H3O3P/c1-7-8-11(4,5)12(6)10(13)9(2)3;1-4(2)3/h2,7-8H2,1,3-6H3;4H,(H2,1,2,3).